The van der Waals surface area contributed by atoms with E-state index in [0.29, 0.717) is 35.0 Å². The fourth-order valence-corrected chi connectivity index (χ4v) is 2.26. The number of ether oxygens (including phenoxy) is 2. The van der Waals surface area contributed by atoms with Crippen LogP contribution in [0.1, 0.15) is 30.1 Å². The lowest BCUT2D eigenvalue weighted by Gasteiger charge is -2.10. The SMILES string of the molecule is CCOc1ccc(C(=O)CCC(=O)Nc2cc(OC)ccc2N)cc1. The van der Waals surface area contributed by atoms with Crippen LogP contribution in [0, 0.1) is 0 Å². The summed E-state index contributed by atoms with van der Waals surface area (Å²) in [5, 5.41) is 2.70. The van der Waals surface area contributed by atoms with Crippen molar-refractivity contribution in [1.82, 2.24) is 0 Å². The average Bonchev–Trinajstić information content (AvgIpc) is 2.62. The van der Waals surface area contributed by atoms with Crippen molar-refractivity contribution in [2.45, 2.75) is 19.8 Å². The third-order valence-electron chi connectivity index (χ3n) is 3.60. The van der Waals surface area contributed by atoms with Crippen LogP contribution in [0.4, 0.5) is 11.4 Å². The number of nitrogen functional groups attached to an aromatic ring is 1. The summed E-state index contributed by atoms with van der Waals surface area (Å²) in [6, 6.07) is 11.9. The molecule has 0 aliphatic heterocycles. The van der Waals surface area contributed by atoms with Crippen molar-refractivity contribution < 1.29 is 19.1 Å². The summed E-state index contributed by atoms with van der Waals surface area (Å²) in [6.07, 6.45) is 0.187. The summed E-state index contributed by atoms with van der Waals surface area (Å²) in [4.78, 5) is 24.2. The smallest absolute Gasteiger partial charge is 0.224 e. The topological polar surface area (TPSA) is 90.7 Å². The van der Waals surface area contributed by atoms with Crippen LogP contribution < -0.4 is 20.5 Å². The number of benzene rings is 2. The molecule has 2 aromatic carbocycles. The maximum atomic E-state index is 12.2. The van der Waals surface area contributed by atoms with Crippen LogP contribution >= 0.6 is 0 Å². The Morgan fingerprint density at radius 2 is 1.72 bits per heavy atom. The third kappa shape index (κ3) is 5.24. The molecule has 0 saturated heterocycles. The molecule has 25 heavy (non-hydrogen) atoms. The minimum Gasteiger partial charge on any atom is -0.497 e. The van der Waals surface area contributed by atoms with Crippen LogP contribution in [0.2, 0.25) is 0 Å². The molecule has 0 spiro atoms. The zero-order chi connectivity index (χ0) is 18.2. The van der Waals surface area contributed by atoms with E-state index in [-0.39, 0.29) is 24.5 Å². The molecule has 0 saturated carbocycles. The highest BCUT2D eigenvalue weighted by Gasteiger charge is 2.11. The van der Waals surface area contributed by atoms with Crippen molar-refractivity contribution >= 4 is 23.1 Å². The van der Waals surface area contributed by atoms with Gasteiger partial charge in [-0.3, -0.25) is 9.59 Å². The molecule has 6 heteroatoms. The number of Topliss-reactive ketones (excluding diaryl/α,β-unsaturated/α-hetero) is 1. The van der Waals surface area contributed by atoms with E-state index in [1.54, 1.807) is 42.5 Å². The van der Waals surface area contributed by atoms with Crippen molar-refractivity contribution in [2.75, 3.05) is 24.8 Å². The van der Waals surface area contributed by atoms with Gasteiger partial charge in [0.15, 0.2) is 5.78 Å². The van der Waals surface area contributed by atoms with Crippen LogP contribution in [-0.4, -0.2) is 25.4 Å². The Morgan fingerprint density at radius 3 is 2.36 bits per heavy atom. The lowest BCUT2D eigenvalue weighted by atomic mass is 10.1. The van der Waals surface area contributed by atoms with Gasteiger partial charge in [0.1, 0.15) is 11.5 Å². The lowest BCUT2D eigenvalue weighted by Crippen LogP contribution is -2.14. The second-order valence-electron chi connectivity index (χ2n) is 5.38. The first kappa shape index (κ1) is 18.3. The Morgan fingerprint density at radius 1 is 1.04 bits per heavy atom. The molecular formula is C19H22N2O4. The molecule has 0 fully saturated rings. The molecule has 0 aliphatic carbocycles. The molecule has 132 valence electrons. The van der Waals surface area contributed by atoms with Crippen molar-refractivity contribution in [3.05, 3.63) is 48.0 Å². The number of nitrogens with two attached hydrogens (primary N) is 1. The second-order valence-corrected chi connectivity index (χ2v) is 5.38. The molecule has 0 unspecified atom stereocenters. The number of rotatable bonds is 8. The maximum Gasteiger partial charge on any atom is 0.224 e. The molecule has 0 atom stereocenters. The van der Waals surface area contributed by atoms with Crippen LogP contribution in [0.5, 0.6) is 11.5 Å². The predicted octanol–water partition coefficient (Wildman–Crippen LogP) is 3.28. The van der Waals surface area contributed by atoms with Crippen molar-refractivity contribution in [3.8, 4) is 11.5 Å². The van der Waals surface area contributed by atoms with E-state index in [2.05, 4.69) is 5.32 Å². The van der Waals surface area contributed by atoms with Gasteiger partial charge in [0.2, 0.25) is 5.91 Å². The molecule has 0 aliphatic rings. The Hall–Kier alpha value is -3.02. The van der Waals surface area contributed by atoms with Gasteiger partial charge in [-0.1, -0.05) is 0 Å². The van der Waals surface area contributed by atoms with Crippen LogP contribution in [0.25, 0.3) is 0 Å². The van der Waals surface area contributed by atoms with Gasteiger partial charge in [0, 0.05) is 24.5 Å². The highest BCUT2D eigenvalue weighted by molar-refractivity contribution is 6.00. The molecule has 6 nitrogen and oxygen atoms in total. The zero-order valence-electron chi connectivity index (χ0n) is 14.4. The fraction of sp³-hybridized carbons (Fsp3) is 0.263. The predicted molar refractivity (Wildman–Crippen MR) is 97.2 cm³/mol. The molecule has 2 rings (SSSR count). The molecule has 0 aromatic heterocycles. The Kier molecular flexibility index (Phi) is 6.39. The van der Waals surface area contributed by atoms with Gasteiger partial charge >= 0.3 is 0 Å². The van der Waals surface area contributed by atoms with Crippen LogP contribution in [0.15, 0.2) is 42.5 Å². The lowest BCUT2D eigenvalue weighted by molar-refractivity contribution is -0.116. The molecule has 0 radical (unpaired) electrons. The number of amides is 1. The highest BCUT2D eigenvalue weighted by atomic mass is 16.5. The Labute approximate surface area is 146 Å². The molecule has 2 aromatic rings. The maximum absolute atomic E-state index is 12.2. The number of methoxy groups -OCH3 is 1. The van der Waals surface area contributed by atoms with E-state index in [4.69, 9.17) is 15.2 Å². The summed E-state index contributed by atoms with van der Waals surface area (Å²) >= 11 is 0. The number of hydrogen-bond acceptors (Lipinski definition) is 5. The summed E-state index contributed by atoms with van der Waals surface area (Å²) in [5.41, 5.74) is 7.29. The second kappa shape index (κ2) is 8.73. The van der Waals surface area contributed by atoms with Crippen LogP contribution in [-0.2, 0) is 4.79 Å². The first-order valence-corrected chi connectivity index (χ1v) is 8.03. The van der Waals surface area contributed by atoms with Gasteiger partial charge < -0.3 is 20.5 Å². The quantitative estimate of drug-likeness (QED) is 0.567. The number of ketones is 1. The Bertz CT molecular complexity index is 742. The molecule has 0 bridgehead atoms. The van der Waals surface area contributed by atoms with Gasteiger partial charge in [-0.15, -0.1) is 0 Å². The summed E-state index contributed by atoms with van der Waals surface area (Å²) < 4.78 is 10.4. The normalized spacial score (nSPS) is 10.2. The van der Waals surface area contributed by atoms with Gasteiger partial charge in [0.05, 0.1) is 25.1 Å². The van der Waals surface area contributed by atoms with Gasteiger partial charge in [-0.2, -0.15) is 0 Å². The van der Waals surface area contributed by atoms with Crippen LogP contribution in [0.3, 0.4) is 0 Å². The summed E-state index contributed by atoms with van der Waals surface area (Å²) in [5.74, 6) is 0.927. The largest absolute Gasteiger partial charge is 0.497 e. The van der Waals surface area contributed by atoms with E-state index < -0.39 is 0 Å². The zero-order valence-corrected chi connectivity index (χ0v) is 14.4. The molecular weight excluding hydrogens is 320 g/mol. The van der Waals surface area contributed by atoms with Gasteiger partial charge in [-0.25, -0.2) is 0 Å². The average molecular weight is 342 g/mol. The monoisotopic (exact) mass is 342 g/mol. The molecule has 3 N–H and O–H groups in total. The first-order valence-electron chi connectivity index (χ1n) is 8.03. The Balaban J connectivity index is 1.90. The van der Waals surface area contributed by atoms with Gasteiger partial charge in [-0.05, 0) is 43.3 Å². The summed E-state index contributed by atoms with van der Waals surface area (Å²) in [6.45, 7) is 2.47. The molecule has 0 heterocycles. The third-order valence-corrected chi connectivity index (χ3v) is 3.60. The van der Waals surface area contributed by atoms with E-state index in [9.17, 15) is 9.59 Å². The number of carbonyl (C=O) groups excluding carboxylic acids is 2. The van der Waals surface area contributed by atoms with E-state index in [1.807, 2.05) is 6.92 Å². The number of anilines is 2. The van der Waals surface area contributed by atoms with Crippen molar-refractivity contribution in [1.29, 1.82) is 0 Å². The number of nitrogens with one attached hydrogen (secondary N) is 1. The van der Waals surface area contributed by atoms with Gasteiger partial charge in [0.25, 0.3) is 0 Å². The summed E-state index contributed by atoms with van der Waals surface area (Å²) in [7, 11) is 1.53. The standard InChI is InChI=1S/C19H22N2O4/c1-3-25-14-6-4-13(5-7-14)18(22)10-11-19(23)21-17-12-15(24-2)8-9-16(17)20/h4-9,12H,3,10-11,20H2,1-2H3,(H,21,23). The fourth-order valence-electron chi connectivity index (χ4n) is 2.26. The van der Waals surface area contributed by atoms with E-state index in [0.717, 1.165) is 0 Å². The number of carbonyl (C=O) groups is 2. The van der Waals surface area contributed by atoms with Crippen molar-refractivity contribution in [2.24, 2.45) is 0 Å². The highest BCUT2D eigenvalue weighted by Crippen LogP contribution is 2.24. The molecule has 1 amide bonds. The van der Waals surface area contributed by atoms with Crippen molar-refractivity contribution in [3.63, 3.8) is 0 Å². The number of hydrogen-bond donors (Lipinski definition) is 2. The first-order chi connectivity index (χ1) is 12.0. The van der Waals surface area contributed by atoms with E-state index >= 15 is 0 Å². The minimum absolute atomic E-state index is 0.0721. The minimum atomic E-state index is -0.278. The van der Waals surface area contributed by atoms with E-state index in [1.165, 1.54) is 7.11 Å².